The van der Waals surface area contributed by atoms with Gasteiger partial charge in [-0.1, -0.05) is 0 Å². The Balaban J connectivity index is 1.62. The first-order valence-electron chi connectivity index (χ1n) is 9.51. The molecule has 0 unspecified atom stereocenters. The molecule has 0 aliphatic carbocycles. The maximum absolute atomic E-state index is 12.7. The number of ether oxygens (including phenoxy) is 3. The van der Waals surface area contributed by atoms with E-state index in [1.165, 1.54) is 24.3 Å². The predicted octanol–water partition coefficient (Wildman–Crippen LogP) is 2.58. The molecule has 1 heterocycles. The summed E-state index contributed by atoms with van der Waals surface area (Å²) in [5, 5.41) is 10.8. The molecule has 0 atom stereocenters. The number of rotatable bonds is 7. The molecule has 0 saturated carbocycles. The average Bonchev–Trinajstić information content (AvgIpc) is 2.78. The lowest BCUT2D eigenvalue weighted by atomic mass is 10.1. The summed E-state index contributed by atoms with van der Waals surface area (Å²) in [5.74, 6) is 1.66. The maximum Gasteiger partial charge on any atom is 0.269 e. The minimum absolute atomic E-state index is 0.0262. The predicted molar refractivity (Wildman–Crippen MR) is 110 cm³/mol. The van der Waals surface area contributed by atoms with E-state index in [0.717, 1.165) is 18.7 Å². The number of nitro benzene ring substituents is 1. The largest absolute Gasteiger partial charge is 0.493 e. The van der Waals surface area contributed by atoms with Gasteiger partial charge in [0, 0.05) is 50.4 Å². The van der Waals surface area contributed by atoms with E-state index in [1.807, 2.05) is 12.1 Å². The van der Waals surface area contributed by atoms with Crippen molar-refractivity contribution in [1.82, 2.24) is 9.80 Å². The van der Waals surface area contributed by atoms with Gasteiger partial charge in [-0.05, 0) is 29.8 Å². The number of carbonyl (C=O) groups excluding carboxylic acids is 1. The Morgan fingerprint density at radius 1 is 0.967 bits per heavy atom. The van der Waals surface area contributed by atoms with Crippen LogP contribution in [-0.2, 0) is 6.54 Å². The molecule has 2 aromatic rings. The van der Waals surface area contributed by atoms with E-state index in [9.17, 15) is 14.9 Å². The van der Waals surface area contributed by atoms with E-state index in [4.69, 9.17) is 14.2 Å². The fourth-order valence-electron chi connectivity index (χ4n) is 3.50. The molecule has 1 aliphatic rings. The Labute approximate surface area is 174 Å². The lowest BCUT2D eigenvalue weighted by Gasteiger charge is -2.35. The molecule has 0 bridgehead atoms. The summed E-state index contributed by atoms with van der Waals surface area (Å²) in [7, 11) is 4.74. The van der Waals surface area contributed by atoms with Gasteiger partial charge in [-0.3, -0.25) is 19.8 Å². The third-order valence-electron chi connectivity index (χ3n) is 5.12. The van der Waals surface area contributed by atoms with E-state index in [1.54, 1.807) is 26.2 Å². The summed E-state index contributed by atoms with van der Waals surface area (Å²) in [5.41, 5.74) is 1.46. The zero-order valence-corrected chi connectivity index (χ0v) is 17.3. The second-order valence-corrected chi connectivity index (χ2v) is 6.91. The van der Waals surface area contributed by atoms with Crippen LogP contribution in [0.3, 0.4) is 0 Å². The SMILES string of the molecule is COc1cc(CN2CCN(C(=O)c3ccc([N+](=O)[O-])cc3)CC2)cc(OC)c1OC. The zero-order valence-electron chi connectivity index (χ0n) is 17.3. The van der Waals surface area contributed by atoms with Crippen LogP contribution in [-0.4, -0.2) is 68.1 Å². The smallest absolute Gasteiger partial charge is 0.269 e. The number of hydrogen-bond acceptors (Lipinski definition) is 7. The van der Waals surface area contributed by atoms with Crippen molar-refractivity contribution in [2.24, 2.45) is 0 Å². The van der Waals surface area contributed by atoms with Gasteiger partial charge in [-0.25, -0.2) is 0 Å². The molecular formula is C21H25N3O6. The summed E-state index contributed by atoms with van der Waals surface area (Å²) in [4.78, 5) is 27.0. The first-order valence-corrected chi connectivity index (χ1v) is 9.51. The van der Waals surface area contributed by atoms with Crippen LogP contribution in [0, 0.1) is 10.1 Å². The molecular weight excluding hydrogens is 390 g/mol. The standard InChI is InChI=1S/C21H25N3O6/c1-28-18-12-15(13-19(29-2)20(18)30-3)14-22-8-10-23(11-9-22)21(25)16-4-6-17(7-5-16)24(26)27/h4-7,12-13H,8-11,14H2,1-3H3. The van der Waals surface area contributed by atoms with E-state index < -0.39 is 4.92 Å². The minimum atomic E-state index is -0.476. The van der Waals surface area contributed by atoms with Crippen molar-refractivity contribution in [3.05, 3.63) is 57.6 Å². The van der Waals surface area contributed by atoms with Gasteiger partial charge in [0.05, 0.1) is 26.3 Å². The van der Waals surface area contributed by atoms with E-state index in [-0.39, 0.29) is 11.6 Å². The summed E-state index contributed by atoms with van der Waals surface area (Å²) >= 11 is 0. The quantitative estimate of drug-likeness (QED) is 0.507. The van der Waals surface area contributed by atoms with Crippen LogP contribution >= 0.6 is 0 Å². The van der Waals surface area contributed by atoms with Crippen molar-refractivity contribution in [1.29, 1.82) is 0 Å². The number of piperazine rings is 1. The second-order valence-electron chi connectivity index (χ2n) is 6.91. The molecule has 1 fully saturated rings. The first kappa shape index (κ1) is 21.4. The number of nitrogens with zero attached hydrogens (tertiary/aromatic N) is 3. The fraction of sp³-hybridized carbons (Fsp3) is 0.381. The van der Waals surface area contributed by atoms with Crippen molar-refractivity contribution in [2.45, 2.75) is 6.54 Å². The molecule has 2 aromatic carbocycles. The number of benzene rings is 2. The first-order chi connectivity index (χ1) is 14.5. The Morgan fingerprint density at radius 3 is 2.00 bits per heavy atom. The number of carbonyl (C=O) groups is 1. The Hall–Kier alpha value is -3.33. The molecule has 1 amide bonds. The number of nitro groups is 1. The molecule has 1 saturated heterocycles. The zero-order chi connectivity index (χ0) is 21.7. The van der Waals surface area contributed by atoms with E-state index in [0.29, 0.717) is 42.4 Å². The molecule has 160 valence electrons. The highest BCUT2D eigenvalue weighted by molar-refractivity contribution is 5.94. The molecule has 0 aromatic heterocycles. The van der Waals surface area contributed by atoms with E-state index >= 15 is 0 Å². The highest BCUT2D eigenvalue weighted by Gasteiger charge is 2.23. The van der Waals surface area contributed by atoms with Gasteiger partial charge in [-0.15, -0.1) is 0 Å². The van der Waals surface area contributed by atoms with Crippen LogP contribution in [0.1, 0.15) is 15.9 Å². The van der Waals surface area contributed by atoms with Crippen LogP contribution in [0.4, 0.5) is 5.69 Å². The lowest BCUT2D eigenvalue weighted by molar-refractivity contribution is -0.384. The van der Waals surface area contributed by atoms with Gasteiger partial charge in [0.15, 0.2) is 11.5 Å². The van der Waals surface area contributed by atoms with Crippen LogP contribution in [0.25, 0.3) is 0 Å². The average molecular weight is 415 g/mol. The van der Waals surface area contributed by atoms with Crippen molar-refractivity contribution in [2.75, 3.05) is 47.5 Å². The highest BCUT2D eigenvalue weighted by atomic mass is 16.6. The minimum Gasteiger partial charge on any atom is -0.493 e. The summed E-state index contributed by atoms with van der Waals surface area (Å²) in [6, 6.07) is 9.57. The molecule has 9 nitrogen and oxygen atoms in total. The van der Waals surface area contributed by atoms with Gasteiger partial charge in [0.2, 0.25) is 5.75 Å². The number of hydrogen-bond donors (Lipinski definition) is 0. The Morgan fingerprint density at radius 2 is 1.53 bits per heavy atom. The lowest BCUT2D eigenvalue weighted by Crippen LogP contribution is -2.48. The Kier molecular flexibility index (Phi) is 6.73. The summed E-state index contributed by atoms with van der Waals surface area (Å²) in [6.45, 7) is 3.29. The van der Waals surface area contributed by atoms with Crippen molar-refractivity contribution >= 4 is 11.6 Å². The van der Waals surface area contributed by atoms with Gasteiger partial charge in [0.1, 0.15) is 0 Å². The molecule has 0 radical (unpaired) electrons. The normalized spacial score (nSPS) is 14.3. The maximum atomic E-state index is 12.7. The summed E-state index contributed by atoms with van der Waals surface area (Å²) in [6.07, 6.45) is 0. The van der Waals surface area contributed by atoms with Crippen LogP contribution in [0.5, 0.6) is 17.2 Å². The number of amides is 1. The monoisotopic (exact) mass is 415 g/mol. The number of methoxy groups -OCH3 is 3. The van der Waals surface area contributed by atoms with Crippen LogP contribution in [0.15, 0.2) is 36.4 Å². The molecule has 1 aliphatic heterocycles. The van der Waals surface area contributed by atoms with Gasteiger partial charge < -0.3 is 19.1 Å². The van der Waals surface area contributed by atoms with Gasteiger partial charge >= 0.3 is 0 Å². The highest BCUT2D eigenvalue weighted by Crippen LogP contribution is 2.38. The van der Waals surface area contributed by atoms with Crippen molar-refractivity contribution in [3.63, 3.8) is 0 Å². The van der Waals surface area contributed by atoms with Crippen LogP contribution < -0.4 is 14.2 Å². The van der Waals surface area contributed by atoms with E-state index in [2.05, 4.69) is 4.90 Å². The Bertz CT molecular complexity index is 882. The van der Waals surface area contributed by atoms with Gasteiger partial charge in [-0.2, -0.15) is 0 Å². The van der Waals surface area contributed by atoms with Crippen molar-refractivity contribution in [3.8, 4) is 17.2 Å². The fourth-order valence-corrected chi connectivity index (χ4v) is 3.50. The summed E-state index contributed by atoms with van der Waals surface area (Å²) < 4.78 is 16.2. The molecule has 0 spiro atoms. The molecule has 9 heteroatoms. The third-order valence-corrected chi connectivity index (χ3v) is 5.12. The second kappa shape index (κ2) is 9.45. The van der Waals surface area contributed by atoms with Gasteiger partial charge in [0.25, 0.3) is 11.6 Å². The van der Waals surface area contributed by atoms with Crippen LogP contribution in [0.2, 0.25) is 0 Å². The molecule has 0 N–H and O–H groups in total. The topological polar surface area (TPSA) is 94.4 Å². The molecule has 30 heavy (non-hydrogen) atoms. The van der Waals surface area contributed by atoms with Crippen molar-refractivity contribution < 1.29 is 23.9 Å². The molecule has 3 rings (SSSR count). The third kappa shape index (κ3) is 4.62. The number of non-ortho nitro benzene ring substituents is 1.